The van der Waals surface area contributed by atoms with Crippen molar-refractivity contribution in [2.45, 2.75) is 33.1 Å². The van der Waals surface area contributed by atoms with Crippen LogP contribution in [0.3, 0.4) is 0 Å². The zero-order valence-electron chi connectivity index (χ0n) is 20.4. The fourth-order valence-electron chi connectivity index (χ4n) is 4.01. The van der Waals surface area contributed by atoms with Crippen LogP contribution in [0, 0.1) is 18.2 Å². The number of carbonyl (C=O) groups is 1. The van der Waals surface area contributed by atoms with Crippen molar-refractivity contribution in [3.63, 3.8) is 0 Å². The first-order valence-electron chi connectivity index (χ1n) is 11.9. The average molecular weight is 478 g/mol. The van der Waals surface area contributed by atoms with Crippen LogP contribution in [0.15, 0.2) is 36.7 Å². The molecule has 2 aliphatic rings. The Labute approximate surface area is 205 Å². The van der Waals surface area contributed by atoms with Crippen LogP contribution in [-0.4, -0.2) is 42.6 Å². The summed E-state index contributed by atoms with van der Waals surface area (Å²) in [6.45, 7) is 7.03. The Bertz CT molecular complexity index is 1190. The highest BCUT2D eigenvalue weighted by atomic mass is 19.1. The lowest BCUT2D eigenvalue weighted by Gasteiger charge is -2.16. The number of amides is 1. The van der Waals surface area contributed by atoms with Crippen LogP contribution in [0.4, 0.5) is 15.8 Å². The van der Waals surface area contributed by atoms with Gasteiger partial charge in [0.2, 0.25) is 0 Å². The number of nitrogens with one attached hydrogen (secondary N) is 4. The average Bonchev–Trinajstić information content (AvgIpc) is 3.58. The van der Waals surface area contributed by atoms with E-state index in [2.05, 4.69) is 31.8 Å². The van der Waals surface area contributed by atoms with E-state index in [0.717, 1.165) is 11.3 Å². The fraction of sp³-hybridized carbons (Fsp3) is 0.333. The molecular weight excluding hydrogens is 445 g/mol. The number of halogens is 1. The number of anilines is 2. The predicted molar refractivity (Wildman–Crippen MR) is 138 cm³/mol. The summed E-state index contributed by atoms with van der Waals surface area (Å²) in [5.41, 5.74) is 4.12. The summed E-state index contributed by atoms with van der Waals surface area (Å²) in [6.07, 6.45) is 12.3. The second-order valence-corrected chi connectivity index (χ2v) is 7.70. The standard InChI is InChI=1S/C21H17FN4O2.C4H9N.C2H6/c1-3-12-11-23-9-7-13(12)18-19(17-15(25-18)8-10-24-21(17)27)26-16-6-4-5-14(22)20(16)28-2;1-2-4-5-3-1;1-2/h1,4-7,9,11,25-26H,8,10H2,2H3,(H,24,27);5H,1-4H2;1-2H3. The van der Waals surface area contributed by atoms with Crippen LogP contribution in [0.2, 0.25) is 0 Å². The molecule has 3 aromatic rings. The molecule has 0 saturated carbocycles. The molecule has 4 N–H and O–H groups in total. The molecule has 1 saturated heterocycles. The molecular formula is C27H32FN5O2. The van der Waals surface area contributed by atoms with E-state index in [0.29, 0.717) is 41.2 Å². The van der Waals surface area contributed by atoms with Gasteiger partial charge in [0.1, 0.15) is 0 Å². The van der Waals surface area contributed by atoms with Gasteiger partial charge < -0.3 is 25.7 Å². The number of carbonyl (C=O) groups excluding carboxylic acids is 1. The predicted octanol–water partition coefficient (Wildman–Crippen LogP) is 4.63. The van der Waals surface area contributed by atoms with Gasteiger partial charge in [-0.3, -0.25) is 9.78 Å². The van der Waals surface area contributed by atoms with Crippen molar-refractivity contribution in [1.29, 1.82) is 0 Å². The number of pyridine rings is 1. The summed E-state index contributed by atoms with van der Waals surface area (Å²) in [7, 11) is 1.39. The van der Waals surface area contributed by atoms with Gasteiger partial charge in [0.15, 0.2) is 11.6 Å². The second kappa shape index (κ2) is 12.6. The van der Waals surface area contributed by atoms with E-state index < -0.39 is 5.82 Å². The fourth-order valence-corrected chi connectivity index (χ4v) is 4.01. The van der Waals surface area contributed by atoms with Crippen LogP contribution in [0.1, 0.15) is 48.3 Å². The smallest absolute Gasteiger partial charge is 0.255 e. The number of H-pyrrole nitrogens is 1. The number of aromatic amines is 1. The summed E-state index contributed by atoms with van der Waals surface area (Å²) in [5, 5.41) is 9.24. The van der Waals surface area contributed by atoms with Gasteiger partial charge in [0.25, 0.3) is 5.91 Å². The topological polar surface area (TPSA) is 91.1 Å². The van der Waals surface area contributed by atoms with Gasteiger partial charge in [0.05, 0.1) is 35.3 Å². The maximum absolute atomic E-state index is 14.2. The van der Waals surface area contributed by atoms with Crippen molar-refractivity contribution >= 4 is 17.3 Å². The molecule has 35 heavy (non-hydrogen) atoms. The van der Waals surface area contributed by atoms with E-state index in [1.165, 1.54) is 39.1 Å². The number of nitrogens with zero attached hydrogens (tertiary/aromatic N) is 1. The van der Waals surface area contributed by atoms with E-state index >= 15 is 0 Å². The highest BCUT2D eigenvalue weighted by Gasteiger charge is 2.28. The summed E-state index contributed by atoms with van der Waals surface area (Å²) in [4.78, 5) is 20.0. The van der Waals surface area contributed by atoms with Crippen LogP contribution in [-0.2, 0) is 6.42 Å². The SMILES string of the molecule is C#Cc1cnccc1-c1[nH]c2c(c1Nc1cccc(F)c1OC)C(=O)NCC2.C1CCNC1.CC. The van der Waals surface area contributed by atoms with Gasteiger partial charge in [-0.2, -0.15) is 0 Å². The maximum atomic E-state index is 14.2. The number of ether oxygens (including phenoxy) is 1. The van der Waals surface area contributed by atoms with Crippen LogP contribution in [0.25, 0.3) is 11.3 Å². The lowest BCUT2D eigenvalue weighted by molar-refractivity contribution is 0.0947. The van der Waals surface area contributed by atoms with Gasteiger partial charge in [-0.05, 0) is 44.1 Å². The van der Waals surface area contributed by atoms with Crippen molar-refractivity contribution in [2.24, 2.45) is 0 Å². The van der Waals surface area contributed by atoms with Crippen LogP contribution in [0.5, 0.6) is 5.75 Å². The number of benzene rings is 1. The molecule has 0 bridgehead atoms. The van der Waals surface area contributed by atoms with Crippen molar-refractivity contribution in [1.82, 2.24) is 20.6 Å². The number of methoxy groups -OCH3 is 1. The maximum Gasteiger partial charge on any atom is 0.255 e. The molecule has 1 amide bonds. The Kier molecular flexibility index (Phi) is 9.27. The largest absolute Gasteiger partial charge is 0.492 e. The molecule has 0 spiro atoms. The third-order valence-corrected chi connectivity index (χ3v) is 5.60. The molecule has 4 heterocycles. The van der Waals surface area contributed by atoms with Crippen LogP contribution < -0.4 is 20.7 Å². The van der Waals surface area contributed by atoms with E-state index in [-0.39, 0.29) is 11.7 Å². The Morgan fingerprint density at radius 2 is 1.94 bits per heavy atom. The number of hydrogen-bond acceptors (Lipinski definition) is 5. The third-order valence-electron chi connectivity index (χ3n) is 5.60. The summed E-state index contributed by atoms with van der Waals surface area (Å²) < 4.78 is 19.3. The zero-order chi connectivity index (χ0) is 25.2. The van der Waals surface area contributed by atoms with Crippen molar-refractivity contribution < 1.29 is 13.9 Å². The lowest BCUT2D eigenvalue weighted by atomic mass is 10.0. The second-order valence-electron chi connectivity index (χ2n) is 7.70. The summed E-state index contributed by atoms with van der Waals surface area (Å²) in [5.74, 6) is 1.96. The van der Waals surface area contributed by atoms with Gasteiger partial charge in [-0.1, -0.05) is 25.8 Å². The van der Waals surface area contributed by atoms with Crippen molar-refractivity contribution in [3.8, 4) is 29.4 Å². The van der Waals surface area contributed by atoms with Gasteiger partial charge >= 0.3 is 0 Å². The Hall–Kier alpha value is -3.83. The molecule has 0 unspecified atom stereocenters. The molecule has 8 heteroatoms. The Balaban J connectivity index is 0.000000428. The van der Waals surface area contributed by atoms with Gasteiger partial charge in [0, 0.05) is 36.6 Å². The van der Waals surface area contributed by atoms with Gasteiger partial charge in [-0.15, -0.1) is 6.42 Å². The molecule has 0 radical (unpaired) electrons. The molecule has 1 aromatic carbocycles. The first-order chi connectivity index (χ1) is 17.1. The minimum atomic E-state index is -0.504. The highest BCUT2D eigenvalue weighted by molar-refractivity contribution is 6.06. The first kappa shape index (κ1) is 25.8. The highest BCUT2D eigenvalue weighted by Crippen LogP contribution is 2.40. The number of rotatable bonds is 4. The van der Waals surface area contributed by atoms with Crippen LogP contribution >= 0.6 is 0 Å². The molecule has 5 rings (SSSR count). The van der Waals surface area contributed by atoms with E-state index in [4.69, 9.17) is 11.2 Å². The minimum absolute atomic E-state index is 0.0616. The normalized spacial score (nSPS) is 13.7. The van der Waals surface area contributed by atoms with E-state index in [1.54, 1.807) is 30.6 Å². The lowest BCUT2D eigenvalue weighted by Crippen LogP contribution is -2.31. The van der Waals surface area contributed by atoms with E-state index in [9.17, 15) is 9.18 Å². The minimum Gasteiger partial charge on any atom is -0.492 e. The summed E-state index contributed by atoms with van der Waals surface area (Å²) in [6, 6.07) is 6.33. The Morgan fingerprint density at radius 1 is 1.17 bits per heavy atom. The molecule has 0 atom stereocenters. The van der Waals surface area contributed by atoms with Gasteiger partial charge in [-0.25, -0.2) is 4.39 Å². The number of terminal acetylenes is 1. The number of aromatic nitrogens is 2. The number of hydrogen-bond donors (Lipinski definition) is 4. The first-order valence-corrected chi connectivity index (χ1v) is 11.9. The molecule has 0 aliphatic carbocycles. The third kappa shape index (κ3) is 5.81. The molecule has 7 nitrogen and oxygen atoms in total. The van der Waals surface area contributed by atoms with Crippen molar-refractivity contribution in [2.75, 3.05) is 32.1 Å². The zero-order valence-corrected chi connectivity index (χ0v) is 20.4. The number of fused-ring (bicyclic) bond motifs is 1. The number of para-hydroxylation sites is 1. The molecule has 184 valence electrons. The van der Waals surface area contributed by atoms with E-state index in [1.807, 2.05) is 13.8 Å². The summed E-state index contributed by atoms with van der Waals surface area (Å²) >= 11 is 0. The van der Waals surface area contributed by atoms with Crippen molar-refractivity contribution in [3.05, 3.63) is 59.3 Å². The quantitative estimate of drug-likeness (QED) is 0.411. The molecule has 2 aromatic heterocycles. The molecule has 2 aliphatic heterocycles. The molecule has 1 fully saturated rings. The Morgan fingerprint density at radius 3 is 2.60 bits per heavy atom. The monoisotopic (exact) mass is 477 g/mol.